The van der Waals surface area contributed by atoms with Crippen molar-refractivity contribution in [2.75, 3.05) is 29.6 Å². The molecule has 0 aliphatic heterocycles. The van der Waals surface area contributed by atoms with Gasteiger partial charge in [0.15, 0.2) is 5.76 Å². The Morgan fingerprint density at radius 2 is 1.70 bits per heavy atom. The van der Waals surface area contributed by atoms with E-state index in [0.29, 0.717) is 17.1 Å². The normalized spacial score (nSPS) is 10.1. The minimum atomic E-state index is -0.339. The number of hydrogen-bond donors (Lipinski definition) is 3. The molecule has 7 nitrogen and oxygen atoms in total. The third kappa shape index (κ3) is 5.12. The zero-order valence-electron chi connectivity index (χ0n) is 14.7. The number of amides is 2. The standard InChI is InChI=1S/C20H19N3O4/c1-26-17-9-7-14(8-10-17)22-19(24)13-21-15-4-2-5-16(12-15)23-20(25)18-6-3-11-27-18/h2-12,21H,13H2,1H3,(H,22,24)(H,23,25). The average molecular weight is 365 g/mol. The van der Waals surface area contributed by atoms with Crippen molar-refractivity contribution in [2.24, 2.45) is 0 Å². The predicted octanol–water partition coefficient (Wildman–Crippen LogP) is 3.59. The highest BCUT2D eigenvalue weighted by molar-refractivity contribution is 6.02. The SMILES string of the molecule is COc1ccc(NC(=O)CNc2cccc(NC(=O)c3ccco3)c2)cc1. The van der Waals surface area contributed by atoms with Gasteiger partial charge in [0.2, 0.25) is 5.91 Å². The van der Waals surface area contributed by atoms with E-state index in [1.54, 1.807) is 61.7 Å². The van der Waals surface area contributed by atoms with Crippen LogP contribution < -0.4 is 20.7 Å². The van der Waals surface area contributed by atoms with Gasteiger partial charge >= 0.3 is 0 Å². The molecule has 0 aliphatic carbocycles. The van der Waals surface area contributed by atoms with Gasteiger partial charge in [0.1, 0.15) is 5.75 Å². The summed E-state index contributed by atoms with van der Waals surface area (Å²) in [6, 6.07) is 17.4. The summed E-state index contributed by atoms with van der Waals surface area (Å²) < 4.78 is 10.1. The number of ether oxygens (including phenoxy) is 1. The van der Waals surface area contributed by atoms with Crippen LogP contribution in [0, 0.1) is 0 Å². The number of hydrogen-bond acceptors (Lipinski definition) is 5. The number of rotatable bonds is 7. The van der Waals surface area contributed by atoms with E-state index in [2.05, 4.69) is 16.0 Å². The zero-order valence-corrected chi connectivity index (χ0v) is 14.7. The molecular weight excluding hydrogens is 346 g/mol. The fourth-order valence-corrected chi connectivity index (χ4v) is 2.37. The van der Waals surface area contributed by atoms with E-state index < -0.39 is 0 Å². The van der Waals surface area contributed by atoms with Crippen molar-refractivity contribution in [3.05, 3.63) is 72.7 Å². The molecule has 0 spiro atoms. The van der Waals surface area contributed by atoms with Crippen LogP contribution in [0.15, 0.2) is 71.3 Å². The summed E-state index contributed by atoms with van der Waals surface area (Å²) in [5.74, 6) is 0.423. The molecule has 1 heterocycles. The second kappa shape index (κ2) is 8.57. The van der Waals surface area contributed by atoms with Crippen LogP contribution in [-0.2, 0) is 4.79 Å². The van der Waals surface area contributed by atoms with Gasteiger partial charge in [0, 0.05) is 17.1 Å². The number of furan rings is 1. The molecule has 0 unspecified atom stereocenters. The molecule has 0 saturated carbocycles. The second-order valence-electron chi connectivity index (χ2n) is 5.64. The number of benzene rings is 2. The molecule has 0 atom stereocenters. The third-order valence-corrected chi connectivity index (χ3v) is 3.69. The van der Waals surface area contributed by atoms with Gasteiger partial charge in [-0.15, -0.1) is 0 Å². The Balaban J connectivity index is 1.53. The van der Waals surface area contributed by atoms with Crippen LogP contribution in [-0.4, -0.2) is 25.5 Å². The lowest BCUT2D eigenvalue weighted by Crippen LogP contribution is -2.21. The molecule has 3 N–H and O–H groups in total. The van der Waals surface area contributed by atoms with Crippen LogP contribution in [0.2, 0.25) is 0 Å². The highest BCUT2D eigenvalue weighted by atomic mass is 16.5. The number of anilines is 3. The van der Waals surface area contributed by atoms with Crippen LogP contribution in [0.5, 0.6) is 5.75 Å². The van der Waals surface area contributed by atoms with Crippen LogP contribution in [0.25, 0.3) is 0 Å². The summed E-state index contributed by atoms with van der Waals surface area (Å²) in [4.78, 5) is 24.1. The minimum Gasteiger partial charge on any atom is -0.497 e. The molecule has 7 heteroatoms. The number of carbonyl (C=O) groups is 2. The fraction of sp³-hybridized carbons (Fsp3) is 0.100. The van der Waals surface area contributed by atoms with Crippen LogP contribution >= 0.6 is 0 Å². The lowest BCUT2D eigenvalue weighted by Gasteiger charge is -2.10. The summed E-state index contributed by atoms with van der Waals surface area (Å²) in [5, 5.41) is 8.55. The molecule has 27 heavy (non-hydrogen) atoms. The second-order valence-corrected chi connectivity index (χ2v) is 5.64. The van der Waals surface area contributed by atoms with Gasteiger partial charge in [0.05, 0.1) is 19.9 Å². The fourth-order valence-electron chi connectivity index (χ4n) is 2.37. The van der Waals surface area contributed by atoms with Crippen LogP contribution in [0.4, 0.5) is 17.1 Å². The maximum atomic E-state index is 12.1. The van der Waals surface area contributed by atoms with E-state index in [1.807, 2.05) is 6.07 Å². The first-order valence-corrected chi connectivity index (χ1v) is 8.27. The van der Waals surface area contributed by atoms with Crippen LogP contribution in [0.1, 0.15) is 10.6 Å². The molecule has 2 aromatic carbocycles. The molecule has 1 aromatic heterocycles. The molecule has 3 aromatic rings. The Bertz CT molecular complexity index is 905. The molecule has 0 radical (unpaired) electrons. The van der Waals surface area contributed by atoms with Gasteiger partial charge in [-0.25, -0.2) is 0 Å². The zero-order chi connectivity index (χ0) is 19.1. The monoisotopic (exact) mass is 365 g/mol. The van der Waals surface area contributed by atoms with Crippen molar-refractivity contribution in [1.29, 1.82) is 0 Å². The summed E-state index contributed by atoms with van der Waals surface area (Å²) in [5.41, 5.74) is 1.98. The van der Waals surface area contributed by atoms with Crippen molar-refractivity contribution in [1.82, 2.24) is 0 Å². The topological polar surface area (TPSA) is 92.6 Å². The minimum absolute atomic E-state index is 0.0849. The Labute approximate surface area is 156 Å². The first-order valence-electron chi connectivity index (χ1n) is 8.27. The van der Waals surface area contributed by atoms with Gasteiger partial charge in [0.25, 0.3) is 5.91 Å². The number of methoxy groups -OCH3 is 1. The lowest BCUT2D eigenvalue weighted by molar-refractivity contribution is -0.114. The molecular formula is C20H19N3O4. The molecule has 0 bridgehead atoms. The van der Waals surface area contributed by atoms with E-state index in [4.69, 9.17) is 9.15 Å². The van der Waals surface area contributed by atoms with Crippen molar-refractivity contribution in [3.8, 4) is 5.75 Å². The largest absolute Gasteiger partial charge is 0.497 e. The molecule has 0 fully saturated rings. The van der Waals surface area contributed by atoms with Crippen LogP contribution in [0.3, 0.4) is 0 Å². The highest BCUT2D eigenvalue weighted by Crippen LogP contribution is 2.17. The summed E-state index contributed by atoms with van der Waals surface area (Å²) >= 11 is 0. The van der Waals surface area contributed by atoms with E-state index >= 15 is 0 Å². The van der Waals surface area contributed by atoms with Gasteiger partial charge in [-0.3, -0.25) is 9.59 Å². The molecule has 0 saturated heterocycles. The maximum absolute atomic E-state index is 12.1. The Morgan fingerprint density at radius 1 is 0.926 bits per heavy atom. The average Bonchev–Trinajstić information content (AvgIpc) is 3.22. The van der Waals surface area contributed by atoms with Gasteiger partial charge in [-0.1, -0.05) is 6.07 Å². The van der Waals surface area contributed by atoms with Crippen molar-refractivity contribution >= 4 is 28.9 Å². The van der Waals surface area contributed by atoms with E-state index in [9.17, 15) is 9.59 Å². The van der Waals surface area contributed by atoms with Crippen molar-refractivity contribution in [2.45, 2.75) is 0 Å². The first-order chi connectivity index (χ1) is 13.1. The van der Waals surface area contributed by atoms with Gasteiger partial charge in [-0.2, -0.15) is 0 Å². The van der Waals surface area contributed by atoms with Gasteiger partial charge in [-0.05, 0) is 54.6 Å². The summed E-state index contributed by atoms with van der Waals surface area (Å²) in [6.07, 6.45) is 1.44. The smallest absolute Gasteiger partial charge is 0.291 e. The lowest BCUT2D eigenvalue weighted by atomic mass is 10.2. The Hall–Kier alpha value is -3.74. The van der Waals surface area contributed by atoms with Crippen molar-refractivity contribution < 1.29 is 18.7 Å². The Kier molecular flexibility index (Phi) is 5.73. The van der Waals surface area contributed by atoms with E-state index in [1.165, 1.54) is 6.26 Å². The predicted molar refractivity (Wildman–Crippen MR) is 103 cm³/mol. The van der Waals surface area contributed by atoms with E-state index in [0.717, 1.165) is 5.75 Å². The first kappa shape index (κ1) is 18.1. The molecule has 2 amide bonds. The van der Waals surface area contributed by atoms with Gasteiger partial charge < -0.3 is 25.1 Å². The summed E-state index contributed by atoms with van der Waals surface area (Å²) in [6.45, 7) is 0.0849. The molecule has 138 valence electrons. The number of carbonyl (C=O) groups excluding carboxylic acids is 2. The third-order valence-electron chi connectivity index (χ3n) is 3.69. The molecule has 3 rings (SSSR count). The molecule has 0 aliphatic rings. The van der Waals surface area contributed by atoms with E-state index in [-0.39, 0.29) is 24.1 Å². The summed E-state index contributed by atoms with van der Waals surface area (Å²) in [7, 11) is 1.59. The highest BCUT2D eigenvalue weighted by Gasteiger charge is 2.09. The van der Waals surface area contributed by atoms with Crippen molar-refractivity contribution in [3.63, 3.8) is 0 Å². The number of nitrogens with one attached hydrogen (secondary N) is 3. The maximum Gasteiger partial charge on any atom is 0.291 e. The Morgan fingerprint density at radius 3 is 2.41 bits per heavy atom. The quantitative estimate of drug-likeness (QED) is 0.595.